The van der Waals surface area contributed by atoms with Crippen LogP contribution in [0.5, 0.6) is 0 Å². The van der Waals surface area contributed by atoms with Gasteiger partial charge in [-0.2, -0.15) is 0 Å². The quantitative estimate of drug-likeness (QED) is 0.496. The van der Waals surface area contributed by atoms with Crippen LogP contribution in [0.3, 0.4) is 0 Å². The van der Waals surface area contributed by atoms with E-state index < -0.39 is 0 Å². The number of hydrogen-bond donors (Lipinski definition) is 1. The average molecular weight is 430 g/mol. The number of rotatable bonds is 9. The molecule has 0 fully saturated rings. The van der Waals surface area contributed by atoms with Crippen molar-refractivity contribution in [1.29, 1.82) is 0 Å². The summed E-state index contributed by atoms with van der Waals surface area (Å²) < 4.78 is 19.3. The number of carbonyl (C=O) groups is 1. The van der Waals surface area contributed by atoms with Crippen molar-refractivity contribution in [3.63, 3.8) is 0 Å². The minimum absolute atomic E-state index is 0.187. The predicted octanol–water partition coefficient (Wildman–Crippen LogP) is 4.82. The van der Waals surface area contributed by atoms with Gasteiger partial charge in [-0.15, -0.1) is 0 Å². The topological polar surface area (TPSA) is 55.1 Å². The molecule has 0 atom stereocenters. The lowest BCUT2D eigenvalue weighted by Gasteiger charge is -2.13. The lowest BCUT2D eigenvalue weighted by Crippen LogP contribution is -2.25. The number of carbonyl (C=O) groups excluding carboxylic acids is 1. The number of aryl methyl sites for hydroxylation is 2. The molecule has 0 unspecified atom stereocenters. The van der Waals surface area contributed by atoms with Gasteiger partial charge in [-0.05, 0) is 55.0 Å². The van der Waals surface area contributed by atoms with Crippen LogP contribution in [-0.4, -0.2) is 25.5 Å². The summed E-state index contributed by atoms with van der Waals surface area (Å²) in [6.07, 6.45) is 5.13. The number of nitrogens with zero attached hydrogens (tertiary/aromatic N) is 1. The zero-order chi connectivity index (χ0) is 23.1. The molecule has 0 aliphatic carbocycles. The Labute approximate surface area is 190 Å². The van der Waals surface area contributed by atoms with Crippen molar-refractivity contribution in [2.24, 2.45) is 0 Å². The van der Waals surface area contributed by atoms with Crippen molar-refractivity contribution in [3.8, 4) is 0 Å². The van der Waals surface area contributed by atoms with E-state index in [4.69, 9.17) is 12.4 Å². The molecule has 2 radical (unpaired) electrons. The van der Waals surface area contributed by atoms with E-state index in [1.807, 2.05) is 25.1 Å². The minimum atomic E-state index is -0.316. The van der Waals surface area contributed by atoms with Gasteiger partial charge < -0.3 is 9.84 Å². The Morgan fingerprint density at radius 3 is 2.78 bits per heavy atom. The molecule has 0 aliphatic heterocycles. The van der Waals surface area contributed by atoms with Gasteiger partial charge >= 0.3 is 0 Å². The van der Waals surface area contributed by atoms with Gasteiger partial charge in [-0.25, -0.2) is 4.39 Å². The van der Waals surface area contributed by atoms with Crippen LogP contribution in [0.25, 0.3) is 5.57 Å². The average Bonchev–Trinajstić information content (AvgIpc) is 3.23. The number of benzene rings is 2. The molecule has 3 aromatic rings. The highest BCUT2D eigenvalue weighted by molar-refractivity contribution is 6.32. The van der Waals surface area contributed by atoms with E-state index in [0.29, 0.717) is 24.3 Å². The fourth-order valence-electron chi connectivity index (χ4n) is 3.58. The molecule has 3 rings (SSSR count). The Morgan fingerprint density at radius 1 is 1.19 bits per heavy atom. The van der Waals surface area contributed by atoms with Crippen molar-refractivity contribution in [1.82, 2.24) is 10.5 Å². The molecule has 32 heavy (non-hydrogen) atoms. The second kappa shape index (κ2) is 10.9. The van der Waals surface area contributed by atoms with Gasteiger partial charge in [0.05, 0.1) is 0 Å². The highest BCUT2D eigenvalue weighted by Crippen LogP contribution is 2.22. The normalized spacial score (nSPS) is 11.6. The van der Waals surface area contributed by atoms with Crippen molar-refractivity contribution in [2.45, 2.75) is 46.5 Å². The maximum atomic E-state index is 14.0. The smallest absolute Gasteiger partial charge is 0.273 e. The zero-order valence-corrected chi connectivity index (χ0v) is 18.9. The Bertz CT molecular complexity index is 1120. The summed E-state index contributed by atoms with van der Waals surface area (Å²) in [5.41, 5.74) is 5.80. The van der Waals surface area contributed by atoms with Gasteiger partial charge in [0, 0.05) is 19.0 Å². The maximum absolute atomic E-state index is 14.0. The molecule has 4 nitrogen and oxygen atoms in total. The standard InChI is InChI=1S/C26H28BFN2O2/c1-4-5-6-19(23-15-21(27)9-8-18(23)3)11-12-29-26(31)25-16-22(32-30-25)14-20-13-17(2)7-10-24(20)28/h6-10,13,15-16H,4-5,11-12,14H2,1-3H3,(H,29,31)/b19-6-. The van der Waals surface area contributed by atoms with Gasteiger partial charge in [0.25, 0.3) is 5.91 Å². The first-order valence-electron chi connectivity index (χ1n) is 10.9. The second-order valence-corrected chi connectivity index (χ2v) is 8.05. The van der Waals surface area contributed by atoms with Gasteiger partial charge in [0.15, 0.2) is 5.69 Å². The van der Waals surface area contributed by atoms with Crippen LogP contribution in [-0.2, 0) is 6.42 Å². The number of aromatic nitrogens is 1. The highest BCUT2D eigenvalue weighted by atomic mass is 19.1. The third kappa shape index (κ3) is 6.19. The number of nitrogens with one attached hydrogen (secondary N) is 1. The summed E-state index contributed by atoms with van der Waals surface area (Å²) in [6.45, 7) is 6.54. The molecular weight excluding hydrogens is 402 g/mol. The van der Waals surface area contributed by atoms with E-state index in [1.54, 1.807) is 18.2 Å². The Kier molecular flexibility index (Phi) is 8.04. The van der Waals surface area contributed by atoms with Crippen LogP contribution in [0.1, 0.15) is 64.7 Å². The number of allylic oxidation sites excluding steroid dienone is 1. The molecule has 0 bridgehead atoms. The van der Waals surface area contributed by atoms with E-state index in [0.717, 1.165) is 40.6 Å². The monoisotopic (exact) mass is 430 g/mol. The SMILES string of the molecule is [B]c1ccc(C)c(/C(=C\CCC)CCNC(=O)c2cc(Cc3cc(C)ccc3F)on2)c1. The second-order valence-electron chi connectivity index (χ2n) is 8.05. The molecule has 6 heteroatoms. The Hall–Kier alpha value is -3.15. The molecule has 1 aromatic heterocycles. The molecule has 164 valence electrons. The van der Waals surface area contributed by atoms with Crippen LogP contribution in [0.2, 0.25) is 0 Å². The summed E-state index contributed by atoms with van der Waals surface area (Å²) in [5, 5.41) is 6.75. The lowest BCUT2D eigenvalue weighted by molar-refractivity contribution is 0.0945. The zero-order valence-electron chi connectivity index (χ0n) is 18.9. The van der Waals surface area contributed by atoms with Gasteiger partial charge in [-0.3, -0.25) is 4.79 Å². The van der Waals surface area contributed by atoms with Gasteiger partial charge in [0.2, 0.25) is 0 Å². The summed E-state index contributed by atoms with van der Waals surface area (Å²) in [4.78, 5) is 12.5. The van der Waals surface area contributed by atoms with E-state index >= 15 is 0 Å². The predicted molar refractivity (Wildman–Crippen MR) is 127 cm³/mol. The molecule has 1 heterocycles. The fourth-order valence-corrected chi connectivity index (χ4v) is 3.58. The van der Waals surface area contributed by atoms with Crippen molar-refractivity contribution >= 4 is 24.8 Å². The molecule has 2 aromatic carbocycles. The van der Waals surface area contributed by atoms with E-state index in [2.05, 4.69) is 30.4 Å². The molecule has 0 saturated heterocycles. The van der Waals surface area contributed by atoms with Gasteiger partial charge in [0.1, 0.15) is 19.4 Å². The fraction of sp³-hybridized carbons (Fsp3) is 0.308. The van der Waals surface area contributed by atoms with Crippen molar-refractivity contribution in [3.05, 3.63) is 88.1 Å². The van der Waals surface area contributed by atoms with Crippen LogP contribution in [0.4, 0.5) is 4.39 Å². The molecular formula is C26H28BFN2O2. The van der Waals surface area contributed by atoms with Crippen LogP contribution >= 0.6 is 0 Å². The molecule has 0 aliphatic rings. The van der Waals surface area contributed by atoms with Gasteiger partial charge in [-0.1, -0.05) is 65.9 Å². The molecule has 1 N–H and O–H groups in total. The van der Waals surface area contributed by atoms with E-state index in [1.165, 1.54) is 6.07 Å². The van der Waals surface area contributed by atoms with Crippen LogP contribution in [0.15, 0.2) is 53.1 Å². The first kappa shape index (κ1) is 23.5. The summed E-state index contributed by atoms with van der Waals surface area (Å²) in [6, 6.07) is 12.4. The summed E-state index contributed by atoms with van der Waals surface area (Å²) in [7, 11) is 5.98. The molecule has 0 spiro atoms. The third-order valence-electron chi connectivity index (χ3n) is 5.32. The summed E-state index contributed by atoms with van der Waals surface area (Å²) >= 11 is 0. The van der Waals surface area contributed by atoms with Crippen LogP contribution in [0, 0.1) is 19.7 Å². The first-order chi connectivity index (χ1) is 15.4. The number of amides is 1. The third-order valence-corrected chi connectivity index (χ3v) is 5.32. The minimum Gasteiger partial charge on any atom is -0.360 e. The first-order valence-corrected chi connectivity index (χ1v) is 10.9. The Balaban J connectivity index is 1.62. The number of hydrogen-bond acceptors (Lipinski definition) is 3. The van der Waals surface area contributed by atoms with Crippen LogP contribution < -0.4 is 10.8 Å². The van der Waals surface area contributed by atoms with E-state index in [9.17, 15) is 9.18 Å². The maximum Gasteiger partial charge on any atom is 0.273 e. The van der Waals surface area contributed by atoms with Crippen molar-refractivity contribution < 1.29 is 13.7 Å². The Morgan fingerprint density at radius 2 is 2.00 bits per heavy atom. The van der Waals surface area contributed by atoms with Crippen molar-refractivity contribution in [2.75, 3.05) is 6.54 Å². The lowest BCUT2D eigenvalue weighted by atomic mass is 9.88. The summed E-state index contributed by atoms with van der Waals surface area (Å²) in [5.74, 6) is -0.177. The van der Waals surface area contributed by atoms with E-state index in [-0.39, 0.29) is 23.8 Å². The number of halogens is 1. The number of unbranched alkanes of at least 4 members (excludes halogenated alkanes) is 1. The highest BCUT2D eigenvalue weighted by Gasteiger charge is 2.15. The molecule has 0 saturated carbocycles. The largest absolute Gasteiger partial charge is 0.360 e. The molecule has 1 amide bonds.